The quantitative estimate of drug-likeness (QED) is 0.379. The molecule has 0 saturated carbocycles. The van der Waals surface area contributed by atoms with E-state index in [2.05, 4.69) is 15.0 Å². The second-order valence-corrected chi connectivity index (χ2v) is 6.95. The highest BCUT2D eigenvalue weighted by Gasteiger charge is 2.15. The first-order chi connectivity index (χ1) is 13.6. The third-order valence-electron chi connectivity index (χ3n) is 4.76. The van der Waals surface area contributed by atoms with Gasteiger partial charge >= 0.3 is 5.69 Å². The van der Waals surface area contributed by atoms with Crippen LogP contribution in [-0.4, -0.2) is 24.1 Å². The summed E-state index contributed by atoms with van der Waals surface area (Å²) in [6, 6.07) is 7.67. The monoisotopic (exact) mass is 401 g/mol. The van der Waals surface area contributed by atoms with Gasteiger partial charge in [-0.25, -0.2) is 9.78 Å². The summed E-state index contributed by atoms with van der Waals surface area (Å²) in [5.74, 6) is 0.709. The highest BCUT2D eigenvalue weighted by atomic mass is 35.5. The van der Waals surface area contributed by atoms with Crippen molar-refractivity contribution >= 4 is 33.9 Å². The summed E-state index contributed by atoms with van der Waals surface area (Å²) in [6.45, 7) is 2.59. The zero-order valence-corrected chi connectivity index (χ0v) is 16.2. The van der Waals surface area contributed by atoms with Crippen LogP contribution < -0.4 is 11.2 Å². The minimum absolute atomic E-state index is 0.102. The average molecular weight is 402 g/mol. The van der Waals surface area contributed by atoms with Crippen molar-refractivity contribution in [2.75, 3.05) is 0 Å². The Labute approximate surface area is 164 Å². The predicted molar refractivity (Wildman–Crippen MR) is 107 cm³/mol. The molecule has 0 bridgehead atoms. The van der Waals surface area contributed by atoms with Crippen LogP contribution >= 0.6 is 11.6 Å². The number of aryl methyl sites for hydroxylation is 2. The number of nitrogens with zero attached hydrogens (tertiary/aromatic N) is 4. The zero-order valence-electron chi connectivity index (χ0n) is 15.4. The summed E-state index contributed by atoms with van der Waals surface area (Å²) >= 11 is 5.88. The number of nitrogens with one attached hydrogen (secondary N) is 1. The van der Waals surface area contributed by atoms with Crippen LogP contribution in [-0.2, 0) is 19.5 Å². The van der Waals surface area contributed by atoms with Gasteiger partial charge in [0.2, 0.25) is 5.28 Å². The average Bonchev–Trinajstić information content (AvgIpc) is 3.27. The standard InChI is InChI=1S/C19H20ClN5O3/c1-2-24-16-15(22-18(20)23-16)17(26)25(19(24)27)11-7-3-4-10-14-21-12-8-5-6-9-13(12)28-14/h5-6,8-9H,2-4,7,10-11H2,1H3,(H,22,23). The first-order valence-electron chi connectivity index (χ1n) is 9.31. The largest absolute Gasteiger partial charge is 0.441 e. The molecule has 0 amide bonds. The van der Waals surface area contributed by atoms with Gasteiger partial charge in [0.05, 0.1) is 0 Å². The molecule has 4 rings (SSSR count). The van der Waals surface area contributed by atoms with E-state index in [-0.39, 0.29) is 22.0 Å². The fourth-order valence-corrected chi connectivity index (χ4v) is 3.54. The number of halogens is 1. The smallest absolute Gasteiger partial charge is 0.332 e. The van der Waals surface area contributed by atoms with Crippen LogP contribution in [0.1, 0.15) is 32.1 Å². The SMILES string of the molecule is CCn1c(=O)n(CCCCCc2nc3ccccc3o2)c(=O)c2[nH]c(Cl)nc21. The molecule has 4 aromatic rings. The molecule has 3 heterocycles. The molecule has 8 nitrogen and oxygen atoms in total. The van der Waals surface area contributed by atoms with E-state index in [0.29, 0.717) is 31.0 Å². The Kier molecular flexibility index (Phi) is 5.04. The molecule has 0 atom stereocenters. The lowest BCUT2D eigenvalue weighted by Crippen LogP contribution is -2.40. The molecule has 0 aliphatic carbocycles. The summed E-state index contributed by atoms with van der Waals surface area (Å²) in [5, 5.41) is 0.102. The summed E-state index contributed by atoms with van der Waals surface area (Å²) in [7, 11) is 0. The molecular weight excluding hydrogens is 382 g/mol. The Bertz CT molecular complexity index is 1220. The Morgan fingerprint density at radius 2 is 1.93 bits per heavy atom. The van der Waals surface area contributed by atoms with Crippen LogP contribution in [0.2, 0.25) is 5.28 Å². The summed E-state index contributed by atoms with van der Waals surface area (Å²) in [5.41, 5.74) is 1.46. The minimum Gasteiger partial charge on any atom is -0.441 e. The number of unbranched alkanes of at least 4 members (excludes halogenated alkanes) is 2. The van der Waals surface area contributed by atoms with Crippen LogP contribution in [0.25, 0.3) is 22.3 Å². The lowest BCUT2D eigenvalue weighted by molar-refractivity contribution is 0.492. The highest BCUT2D eigenvalue weighted by molar-refractivity contribution is 6.28. The number of hydrogen-bond acceptors (Lipinski definition) is 5. The van der Waals surface area contributed by atoms with Gasteiger partial charge in [-0.3, -0.25) is 13.9 Å². The molecule has 3 aromatic heterocycles. The molecule has 146 valence electrons. The number of imidazole rings is 1. The maximum atomic E-state index is 12.6. The molecule has 0 aliphatic rings. The molecule has 0 saturated heterocycles. The van der Waals surface area contributed by atoms with Gasteiger partial charge in [0.1, 0.15) is 5.52 Å². The topological polar surface area (TPSA) is 98.7 Å². The molecule has 28 heavy (non-hydrogen) atoms. The predicted octanol–water partition coefficient (Wildman–Crippen LogP) is 3.11. The first kappa shape index (κ1) is 18.5. The second kappa shape index (κ2) is 7.63. The van der Waals surface area contributed by atoms with E-state index in [9.17, 15) is 9.59 Å². The molecule has 0 spiro atoms. The van der Waals surface area contributed by atoms with E-state index in [1.807, 2.05) is 31.2 Å². The van der Waals surface area contributed by atoms with E-state index >= 15 is 0 Å². The van der Waals surface area contributed by atoms with Crippen molar-refractivity contribution in [3.8, 4) is 0 Å². The third-order valence-corrected chi connectivity index (χ3v) is 4.94. The Morgan fingerprint density at radius 1 is 1.11 bits per heavy atom. The molecule has 1 aromatic carbocycles. The fourth-order valence-electron chi connectivity index (χ4n) is 3.37. The Balaban J connectivity index is 1.43. The molecule has 9 heteroatoms. The molecule has 0 aliphatic heterocycles. The van der Waals surface area contributed by atoms with Gasteiger partial charge in [-0.1, -0.05) is 18.6 Å². The van der Waals surface area contributed by atoms with Gasteiger partial charge in [-0.2, -0.15) is 4.98 Å². The lowest BCUT2D eigenvalue weighted by Gasteiger charge is -2.09. The van der Waals surface area contributed by atoms with Gasteiger partial charge in [-0.05, 0) is 43.5 Å². The summed E-state index contributed by atoms with van der Waals surface area (Å²) in [4.78, 5) is 36.5. The van der Waals surface area contributed by atoms with E-state index in [0.717, 1.165) is 30.4 Å². The zero-order chi connectivity index (χ0) is 19.7. The first-order valence-corrected chi connectivity index (χ1v) is 9.69. The number of para-hydroxylation sites is 2. The molecule has 0 unspecified atom stereocenters. The summed E-state index contributed by atoms with van der Waals surface area (Å²) in [6.07, 6.45) is 3.13. The van der Waals surface area contributed by atoms with Gasteiger partial charge < -0.3 is 9.40 Å². The molecule has 1 N–H and O–H groups in total. The summed E-state index contributed by atoms with van der Waals surface area (Å²) < 4.78 is 8.41. The molecule has 0 radical (unpaired) electrons. The van der Waals surface area contributed by atoms with Crippen molar-refractivity contribution in [3.05, 3.63) is 56.3 Å². The minimum atomic E-state index is -0.386. The number of rotatable bonds is 7. The number of fused-ring (bicyclic) bond motifs is 2. The van der Waals surface area contributed by atoms with Crippen molar-refractivity contribution < 1.29 is 4.42 Å². The number of benzene rings is 1. The van der Waals surface area contributed by atoms with E-state index in [1.54, 1.807) is 0 Å². The lowest BCUT2D eigenvalue weighted by atomic mass is 10.2. The Morgan fingerprint density at radius 3 is 2.71 bits per heavy atom. The van der Waals surface area contributed by atoms with Gasteiger partial charge in [0.15, 0.2) is 22.6 Å². The van der Waals surface area contributed by atoms with Crippen LogP contribution in [0.15, 0.2) is 38.3 Å². The second-order valence-electron chi connectivity index (χ2n) is 6.60. The number of aromatic nitrogens is 5. The van der Waals surface area contributed by atoms with E-state index in [4.69, 9.17) is 16.0 Å². The Hall–Kier alpha value is -2.87. The van der Waals surface area contributed by atoms with E-state index in [1.165, 1.54) is 9.13 Å². The van der Waals surface area contributed by atoms with Gasteiger partial charge in [0.25, 0.3) is 5.56 Å². The molecular formula is C19H20ClN5O3. The van der Waals surface area contributed by atoms with E-state index < -0.39 is 0 Å². The maximum absolute atomic E-state index is 12.6. The molecule has 0 fully saturated rings. The highest BCUT2D eigenvalue weighted by Crippen LogP contribution is 2.16. The van der Waals surface area contributed by atoms with Gasteiger partial charge in [0, 0.05) is 19.5 Å². The van der Waals surface area contributed by atoms with Crippen LogP contribution in [0.5, 0.6) is 0 Å². The van der Waals surface area contributed by atoms with Crippen molar-refractivity contribution in [3.63, 3.8) is 0 Å². The number of hydrogen-bond donors (Lipinski definition) is 1. The maximum Gasteiger partial charge on any atom is 0.332 e. The van der Waals surface area contributed by atoms with Crippen molar-refractivity contribution in [2.45, 2.75) is 45.7 Å². The van der Waals surface area contributed by atoms with Crippen LogP contribution in [0, 0.1) is 0 Å². The van der Waals surface area contributed by atoms with Crippen molar-refractivity contribution in [1.29, 1.82) is 0 Å². The normalized spacial score (nSPS) is 11.6. The fraction of sp³-hybridized carbons (Fsp3) is 0.368. The number of oxazole rings is 1. The van der Waals surface area contributed by atoms with Gasteiger partial charge in [-0.15, -0.1) is 0 Å². The van der Waals surface area contributed by atoms with Crippen LogP contribution in [0.4, 0.5) is 0 Å². The number of H-pyrrole nitrogens is 1. The van der Waals surface area contributed by atoms with Crippen LogP contribution in [0.3, 0.4) is 0 Å². The van der Waals surface area contributed by atoms with Crippen molar-refractivity contribution in [1.82, 2.24) is 24.1 Å². The van der Waals surface area contributed by atoms with Crippen molar-refractivity contribution in [2.24, 2.45) is 0 Å². The number of aromatic amines is 1. The third kappa shape index (κ3) is 3.35.